The lowest BCUT2D eigenvalue weighted by molar-refractivity contribution is 0.108. The fourth-order valence-corrected chi connectivity index (χ4v) is 2.09. The van der Waals surface area contributed by atoms with Gasteiger partial charge in [0.25, 0.3) is 5.24 Å². The highest BCUT2D eigenvalue weighted by Gasteiger charge is 2.12. The lowest BCUT2D eigenvalue weighted by Crippen LogP contribution is -2.29. The number of piperidine rings is 1. The van der Waals surface area contributed by atoms with Crippen LogP contribution in [0.25, 0.3) is 0 Å². The maximum absolute atomic E-state index is 11.0. The zero-order valence-corrected chi connectivity index (χ0v) is 9.33. The Kier molecular flexibility index (Phi) is 3.27. The van der Waals surface area contributed by atoms with E-state index in [2.05, 4.69) is 4.90 Å². The molecule has 0 aromatic heterocycles. The van der Waals surface area contributed by atoms with Crippen LogP contribution in [0, 0.1) is 0 Å². The Morgan fingerprint density at radius 3 is 2.60 bits per heavy atom. The summed E-state index contributed by atoms with van der Waals surface area (Å²) in [7, 11) is 0. The normalized spacial score (nSPS) is 16.5. The minimum atomic E-state index is -0.381. The third kappa shape index (κ3) is 2.51. The molecule has 1 aliphatic heterocycles. The van der Waals surface area contributed by atoms with Crippen LogP contribution in [-0.2, 0) is 0 Å². The summed E-state index contributed by atoms with van der Waals surface area (Å²) in [5.41, 5.74) is 1.70. The summed E-state index contributed by atoms with van der Waals surface area (Å²) in [5, 5.41) is -0.381. The molecule has 0 amide bonds. The van der Waals surface area contributed by atoms with Crippen molar-refractivity contribution in [1.29, 1.82) is 0 Å². The van der Waals surface area contributed by atoms with Crippen molar-refractivity contribution >= 4 is 22.5 Å². The van der Waals surface area contributed by atoms with Gasteiger partial charge in [-0.3, -0.25) is 4.79 Å². The molecule has 0 atom stereocenters. The summed E-state index contributed by atoms with van der Waals surface area (Å²) in [6.07, 6.45) is 3.78. The Morgan fingerprint density at radius 1 is 1.20 bits per heavy atom. The molecule has 0 aliphatic carbocycles. The van der Waals surface area contributed by atoms with Crippen molar-refractivity contribution in [3.8, 4) is 0 Å². The molecule has 15 heavy (non-hydrogen) atoms. The molecule has 0 unspecified atom stereocenters. The number of carbonyl (C=O) groups is 1. The summed E-state index contributed by atoms with van der Waals surface area (Å²) < 4.78 is 0. The first-order valence-electron chi connectivity index (χ1n) is 5.32. The zero-order valence-electron chi connectivity index (χ0n) is 8.58. The molecular weight excluding hydrogens is 210 g/mol. The predicted octanol–water partition coefficient (Wildman–Crippen LogP) is 3.06. The fraction of sp³-hybridized carbons (Fsp3) is 0.417. The lowest BCUT2D eigenvalue weighted by atomic mass is 10.1. The molecule has 1 aliphatic rings. The van der Waals surface area contributed by atoms with Crippen molar-refractivity contribution in [2.24, 2.45) is 0 Å². The van der Waals surface area contributed by atoms with Gasteiger partial charge in [0.05, 0.1) is 0 Å². The number of hydrogen-bond donors (Lipinski definition) is 0. The Morgan fingerprint density at radius 2 is 1.93 bits per heavy atom. The smallest absolute Gasteiger partial charge is 0.252 e. The lowest BCUT2D eigenvalue weighted by Gasteiger charge is -2.28. The van der Waals surface area contributed by atoms with E-state index in [9.17, 15) is 4.79 Å². The first kappa shape index (κ1) is 10.5. The average molecular weight is 224 g/mol. The SMILES string of the molecule is O=C(Cl)c1cccc(N2CCCCC2)c1. The molecule has 1 aromatic rings. The monoisotopic (exact) mass is 223 g/mol. The Labute approximate surface area is 94.8 Å². The van der Waals surface area contributed by atoms with E-state index in [0.717, 1.165) is 18.8 Å². The largest absolute Gasteiger partial charge is 0.372 e. The van der Waals surface area contributed by atoms with E-state index >= 15 is 0 Å². The number of nitrogens with zero attached hydrogens (tertiary/aromatic N) is 1. The Bertz CT molecular complexity index is 358. The highest BCUT2D eigenvalue weighted by atomic mass is 35.5. The molecule has 1 heterocycles. The second-order valence-electron chi connectivity index (χ2n) is 3.87. The van der Waals surface area contributed by atoms with E-state index in [1.54, 1.807) is 6.07 Å². The van der Waals surface area contributed by atoms with Crippen molar-refractivity contribution in [2.75, 3.05) is 18.0 Å². The molecule has 2 nitrogen and oxygen atoms in total. The van der Waals surface area contributed by atoms with Crippen LogP contribution in [0.2, 0.25) is 0 Å². The van der Waals surface area contributed by atoms with Gasteiger partial charge in [0.2, 0.25) is 0 Å². The van der Waals surface area contributed by atoms with Crippen molar-refractivity contribution in [3.63, 3.8) is 0 Å². The molecule has 80 valence electrons. The highest BCUT2D eigenvalue weighted by Crippen LogP contribution is 2.21. The number of benzene rings is 1. The standard InChI is InChI=1S/C12H14ClNO/c13-12(15)10-5-4-6-11(9-10)14-7-2-1-3-8-14/h4-6,9H,1-3,7-8H2. The number of hydrogen-bond acceptors (Lipinski definition) is 2. The van der Waals surface area contributed by atoms with Crippen LogP contribution in [0.3, 0.4) is 0 Å². The predicted molar refractivity (Wildman–Crippen MR) is 62.7 cm³/mol. The molecule has 1 saturated heterocycles. The van der Waals surface area contributed by atoms with Gasteiger partial charge in [-0.05, 0) is 49.1 Å². The number of anilines is 1. The van der Waals surface area contributed by atoms with Crippen molar-refractivity contribution in [2.45, 2.75) is 19.3 Å². The average Bonchev–Trinajstić information content (AvgIpc) is 2.30. The molecule has 0 spiro atoms. The number of rotatable bonds is 2. The van der Waals surface area contributed by atoms with Gasteiger partial charge in [0.15, 0.2) is 0 Å². The Balaban J connectivity index is 2.19. The van der Waals surface area contributed by atoms with Crippen LogP contribution in [0.5, 0.6) is 0 Å². The molecule has 3 heteroatoms. The van der Waals surface area contributed by atoms with Crippen LogP contribution in [0.4, 0.5) is 5.69 Å². The summed E-state index contributed by atoms with van der Waals surface area (Å²) in [6, 6.07) is 7.55. The Hall–Kier alpha value is -1.02. The van der Waals surface area contributed by atoms with Crippen molar-refractivity contribution < 1.29 is 4.79 Å². The molecule has 0 saturated carbocycles. The van der Waals surface area contributed by atoms with Crippen molar-refractivity contribution in [3.05, 3.63) is 29.8 Å². The summed E-state index contributed by atoms with van der Waals surface area (Å²) in [4.78, 5) is 13.3. The number of carbonyl (C=O) groups excluding carboxylic acids is 1. The first-order valence-corrected chi connectivity index (χ1v) is 5.70. The van der Waals surface area contributed by atoms with Gasteiger partial charge >= 0.3 is 0 Å². The minimum Gasteiger partial charge on any atom is -0.372 e. The maximum atomic E-state index is 11.0. The molecule has 0 radical (unpaired) electrons. The van der Waals surface area contributed by atoms with E-state index in [-0.39, 0.29) is 5.24 Å². The first-order chi connectivity index (χ1) is 7.27. The second-order valence-corrected chi connectivity index (χ2v) is 4.22. The molecule has 0 bridgehead atoms. The molecule has 0 N–H and O–H groups in total. The molecule has 2 rings (SSSR count). The van der Waals surface area contributed by atoms with Crippen LogP contribution < -0.4 is 4.90 Å². The summed E-state index contributed by atoms with van der Waals surface area (Å²) in [5.74, 6) is 0. The zero-order chi connectivity index (χ0) is 10.7. The maximum Gasteiger partial charge on any atom is 0.252 e. The third-order valence-corrected chi connectivity index (χ3v) is 3.01. The minimum absolute atomic E-state index is 0.381. The van der Waals surface area contributed by atoms with Gasteiger partial charge in [-0.2, -0.15) is 0 Å². The fourth-order valence-electron chi connectivity index (χ4n) is 1.98. The number of halogens is 1. The van der Waals surface area contributed by atoms with Gasteiger partial charge in [-0.15, -0.1) is 0 Å². The van der Waals surface area contributed by atoms with Gasteiger partial charge in [0.1, 0.15) is 0 Å². The van der Waals surface area contributed by atoms with Crippen LogP contribution in [0.1, 0.15) is 29.6 Å². The van der Waals surface area contributed by atoms with Gasteiger partial charge < -0.3 is 4.90 Å². The molecule has 1 fully saturated rings. The van der Waals surface area contributed by atoms with E-state index in [4.69, 9.17) is 11.6 Å². The van der Waals surface area contributed by atoms with Crippen LogP contribution >= 0.6 is 11.6 Å². The van der Waals surface area contributed by atoms with E-state index in [0.29, 0.717) is 5.56 Å². The van der Waals surface area contributed by atoms with Gasteiger partial charge in [0, 0.05) is 24.3 Å². The quantitative estimate of drug-likeness (QED) is 0.719. The van der Waals surface area contributed by atoms with Gasteiger partial charge in [-0.1, -0.05) is 6.07 Å². The van der Waals surface area contributed by atoms with Crippen molar-refractivity contribution in [1.82, 2.24) is 0 Å². The van der Waals surface area contributed by atoms with Crippen LogP contribution in [-0.4, -0.2) is 18.3 Å². The third-order valence-electron chi connectivity index (χ3n) is 2.79. The molecule has 1 aromatic carbocycles. The van der Waals surface area contributed by atoms with E-state index < -0.39 is 0 Å². The van der Waals surface area contributed by atoms with E-state index in [1.165, 1.54) is 19.3 Å². The highest BCUT2D eigenvalue weighted by molar-refractivity contribution is 6.67. The topological polar surface area (TPSA) is 20.3 Å². The van der Waals surface area contributed by atoms with Crippen LogP contribution in [0.15, 0.2) is 24.3 Å². The second kappa shape index (κ2) is 4.67. The van der Waals surface area contributed by atoms with E-state index in [1.807, 2.05) is 18.2 Å². The summed E-state index contributed by atoms with van der Waals surface area (Å²) >= 11 is 5.46. The van der Waals surface area contributed by atoms with Gasteiger partial charge in [-0.25, -0.2) is 0 Å². The molecular formula is C12H14ClNO. The summed E-state index contributed by atoms with van der Waals surface area (Å²) in [6.45, 7) is 2.17.